The van der Waals surface area contributed by atoms with Crippen molar-refractivity contribution in [2.24, 2.45) is 11.8 Å². The zero-order valence-electron chi connectivity index (χ0n) is 12.1. The van der Waals surface area contributed by atoms with Gasteiger partial charge in [0.05, 0.1) is 0 Å². The van der Waals surface area contributed by atoms with E-state index in [1.54, 1.807) is 0 Å². The molecule has 2 rings (SSSR count). The lowest BCUT2D eigenvalue weighted by molar-refractivity contribution is 0.0825. The first-order valence-corrected chi connectivity index (χ1v) is 7.66. The third-order valence-electron chi connectivity index (χ3n) is 4.72. The van der Waals surface area contributed by atoms with Crippen LogP contribution in [-0.4, -0.2) is 36.1 Å². The van der Waals surface area contributed by atoms with Crippen LogP contribution in [0.25, 0.3) is 0 Å². The van der Waals surface area contributed by atoms with Crippen molar-refractivity contribution in [2.45, 2.75) is 71.5 Å². The molecule has 1 aliphatic heterocycles. The molecule has 1 aliphatic carbocycles. The van der Waals surface area contributed by atoms with Gasteiger partial charge in [-0.3, -0.25) is 4.90 Å². The van der Waals surface area contributed by atoms with Crippen LogP contribution in [0.4, 0.5) is 0 Å². The molecule has 1 heterocycles. The third-order valence-corrected chi connectivity index (χ3v) is 4.72. The summed E-state index contributed by atoms with van der Waals surface area (Å²) in [6.07, 6.45) is 5.47. The van der Waals surface area contributed by atoms with E-state index in [1.807, 2.05) is 0 Å². The topological polar surface area (TPSA) is 15.3 Å². The monoisotopic (exact) mass is 238 g/mol. The molecule has 0 amide bonds. The van der Waals surface area contributed by atoms with Crippen LogP contribution >= 0.6 is 0 Å². The van der Waals surface area contributed by atoms with Crippen molar-refractivity contribution in [3.63, 3.8) is 0 Å². The number of nitrogens with one attached hydrogen (secondary N) is 1. The average molecular weight is 238 g/mol. The predicted molar refractivity (Wildman–Crippen MR) is 74.2 cm³/mol. The molecule has 0 aromatic rings. The van der Waals surface area contributed by atoms with Gasteiger partial charge in [-0.2, -0.15) is 0 Å². The molecule has 2 nitrogen and oxygen atoms in total. The number of rotatable bonds is 5. The molecule has 2 aliphatic rings. The van der Waals surface area contributed by atoms with E-state index >= 15 is 0 Å². The highest BCUT2D eigenvalue weighted by atomic mass is 15.3. The Kier molecular flexibility index (Phi) is 4.48. The van der Waals surface area contributed by atoms with Crippen LogP contribution in [0.5, 0.6) is 0 Å². The minimum Gasteiger partial charge on any atom is -0.311 e. The molecule has 100 valence electrons. The Bertz CT molecular complexity index is 239. The van der Waals surface area contributed by atoms with Crippen LogP contribution in [-0.2, 0) is 0 Å². The van der Waals surface area contributed by atoms with Gasteiger partial charge in [-0.25, -0.2) is 0 Å². The Labute approximate surface area is 107 Å². The second kappa shape index (κ2) is 5.71. The summed E-state index contributed by atoms with van der Waals surface area (Å²) in [6, 6.07) is 2.42. The number of hydrogen-bond acceptors (Lipinski definition) is 2. The molecule has 0 spiro atoms. The lowest BCUT2D eigenvalue weighted by Gasteiger charge is -2.43. The fourth-order valence-corrected chi connectivity index (χ4v) is 3.48. The van der Waals surface area contributed by atoms with E-state index < -0.39 is 0 Å². The Hall–Kier alpha value is -0.0800. The zero-order valence-corrected chi connectivity index (χ0v) is 12.1. The summed E-state index contributed by atoms with van der Waals surface area (Å²) < 4.78 is 0. The van der Waals surface area contributed by atoms with Crippen molar-refractivity contribution < 1.29 is 0 Å². The Morgan fingerprint density at radius 3 is 2.59 bits per heavy atom. The summed E-state index contributed by atoms with van der Waals surface area (Å²) >= 11 is 0. The fourth-order valence-electron chi connectivity index (χ4n) is 3.48. The van der Waals surface area contributed by atoms with E-state index in [2.05, 4.69) is 37.9 Å². The van der Waals surface area contributed by atoms with Gasteiger partial charge in [-0.15, -0.1) is 0 Å². The van der Waals surface area contributed by atoms with Crippen LogP contribution in [0.15, 0.2) is 0 Å². The van der Waals surface area contributed by atoms with Gasteiger partial charge in [0.25, 0.3) is 0 Å². The molecule has 0 aromatic heterocycles. The maximum absolute atomic E-state index is 3.76. The average Bonchev–Trinajstić information content (AvgIpc) is 3.08. The predicted octanol–water partition coefficient (Wildman–Crippen LogP) is 2.88. The van der Waals surface area contributed by atoms with Crippen molar-refractivity contribution >= 4 is 0 Å². The number of piperazine rings is 1. The maximum atomic E-state index is 3.76. The van der Waals surface area contributed by atoms with Crippen molar-refractivity contribution in [2.75, 3.05) is 13.1 Å². The lowest BCUT2D eigenvalue weighted by atomic mass is 9.96. The Balaban J connectivity index is 1.95. The van der Waals surface area contributed by atoms with Crippen LogP contribution in [0.2, 0.25) is 0 Å². The minimum atomic E-state index is 0.744. The van der Waals surface area contributed by atoms with Gasteiger partial charge in [-0.1, -0.05) is 40.5 Å². The highest BCUT2D eigenvalue weighted by Gasteiger charge is 2.45. The highest BCUT2D eigenvalue weighted by molar-refractivity contribution is 5.00. The molecule has 1 N–H and O–H groups in total. The van der Waals surface area contributed by atoms with Crippen LogP contribution in [0.3, 0.4) is 0 Å². The van der Waals surface area contributed by atoms with Gasteiger partial charge >= 0.3 is 0 Å². The first-order valence-electron chi connectivity index (χ1n) is 7.66. The first kappa shape index (κ1) is 13.4. The van der Waals surface area contributed by atoms with E-state index in [4.69, 9.17) is 0 Å². The van der Waals surface area contributed by atoms with Crippen LogP contribution in [0, 0.1) is 11.8 Å². The number of hydrogen-bond donors (Lipinski definition) is 1. The number of nitrogens with zero attached hydrogens (tertiary/aromatic N) is 1. The van der Waals surface area contributed by atoms with Crippen molar-refractivity contribution in [3.05, 3.63) is 0 Å². The second-order valence-corrected chi connectivity index (χ2v) is 6.37. The van der Waals surface area contributed by atoms with E-state index in [9.17, 15) is 0 Å². The summed E-state index contributed by atoms with van der Waals surface area (Å²) in [5, 5.41) is 3.76. The Morgan fingerprint density at radius 1 is 1.29 bits per heavy atom. The van der Waals surface area contributed by atoms with Gasteiger partial charge < -0.3 is 5.32 Å². The maximum Gasteiger partial charge on any atom is 0.0247 e. The van der Waals surface area contributed by atoms with E-state index in [0.29, 0.717) is 0 Å². The molecule has 0 bridgehead atoms. The fraction of sp³-hybridized carbons (Fsp3) is 1.00. The summed E-state index contributed by atoms with van der Waals surface area (Å²) in [6.45, 7) is 11.9. The van der Waals surface area contributed by atoms with Gasteiger partial charge in [0, 0.05) is 31.2 Å². The molecular formula is C15H30N2. The largest absolute Gasteiger partial charge is 0.311 e. The van der Waals surface area contributed by atoms with Crippen LogP contribution in [0.1, 0.15) is 53.4 Å². The SMILES string of the molecule is CCCC1CN(C2CC2CC)C(C(C)C)CN1. The summed E-state index contributed by atoms with van der Waals surface area (Å²) in [5.74, 6) is 1.78. The minimum absolute atomic E-state index is 0.744. The lowest BCUT2D eigenvalue weighted by Crippen LogP contribution is -2.59. The van der Waals surface area contributed by atoms with Crippen molar-refractivity contribution in [3.8, 4) is 0 Å². The van der Waals surface area contributed by atoms with Crippen molar-refractivity contribution in [1.29, 1.82) is 0 Å². The molecule has 0 radical (unpaired) electrons. The van der Waals surface area contributed by atoms with E-state index in [-0.39, 0.29) is 0 Å². The third kappa shape index (κ3) is 3.03. The molecule has 4 unspecified atom stereocenters. The second-order valence-electron chi connectivity index (χ2n) is 6.37. The van der Waals surface area contributed by atoms with E-state index in [1.165, 1.54) is 38.8 Å². The van der Waals surface area contributed by atoms with Gasteiger partial charge in [-0.05, 0) is 24.7 Å². The van der Waals surface area contributed by atoms with E-state index in [0.717, 1.165) is 30.0 Å². The van der Waals surface area contributed by atoms with Crippen molar-refractivity contribution in [1.82, 2.24) is 10.2 Å². The highest BCUT2D eigenvalue weighted by Crippen LogP contribution is 2.41. The van der Waals surface area contributed by atoms with Gasteiger partial charge in [0.1, 0.15) is 0 Å². The quantitative estimate of drug-likeness (QED) is 0.792. The van der Waals surface area contributed by atoms with Gasteiger partial charge in [0.2, 0.25) is 0 Å². The first-order chi connectivity index (χ1) is 8.17. The Morgan fingerprint density at radius 2 is 2.06 bits per heavy atom. The standard InChI is InChI=1S/C15H30N2/c1-5-7-13-10-17(14-8-12(14)6-2)15(9-16-13)11(3)4/h11-16H,5-10H2,1-4H3. The normalized spacial score (nSPS) is 38.6. The smallest absolute Gasteiger partial charge is 0.0247 e. The molecule has 17 heavy (non-hydrogen) atoms. The molecular weight excluding hydrogens is 208 g/mol. The zero-order chi connectivity index (χ0) is 12.4. The summed E-state index contributed by atoms with van der Waals surface area (Å²) in [7, 11) is 0. The summed E-state index contributed by atoms with van der Waals surface area (Å²) in [4.78, 5) is 2.84. The van der Waals surface area contributed by atoms with Crippen LogP contribution < -0.4 is 5.32 Å². The molecule has 4 atom stereocenters. The summed E-state index contributed by atoms with van der Waals surface area (Å²) in [5.41, 5.74) is 0. The molecule has 2 fully saturated rings. The van der Waals surface area contributed by atoms with Gasteiger partial charge in [0.15, 0.2) is 0 Å². The molecule has 1 saturated carbocycles. The molecule has 0 aromatic carbocycles. The molecule has 2 heteroatoms. The molecule has 1 saturated heterocycles.